The number of carbonyl (C=O) groups is 1. The van der Waals surface area contributed by atoms with Crippen LogP contribution in [0, 0.1) is 6.57 Å². The van der Waals surface area contributed by atoms with Gasteiger partial charge < -0.3 is 10.0 Å². The topological polar surface area (TPSA) is 44.9 Å². The molecule has 0 saturated heterocycles. The van der Waals surface area contributed by atoms with Crippen LogP contribution >= 0.6 is 11.3 Å². The molecule has 0 radical (unpaired) electrons. The van der Waals surface area contributed by atoms with E-state index >= 15 is 0 Å². The minimum Gasteiger partial charge on any atom is -0.486 e. The highest BCUT2D eigenvalue weighted by Gasteiger charge is 2.07. The van der Waals surface area contributed by atoms with Crippen LogP contribution in [0.1, 0.15) is 54.8 Å². The van der Waals surface area contributed by atoms with Crippen LogP contribution in [-0.4, -0.2) is 24.2 Å². The van der Waals surface area contributed by atoms with Gasteiger partial charge in [0.25, 0.3) is 5.70 Å². The molecule has 0 aliphatic carbocycles. The average Bonchev–Trinajstić information content (AvgIpc) is 3.18. The summed E-state index contributed by atoms with van der Waals surface area (Å²) in [5.41, 5.74) is 2.12. The lowest BCUT2D eigenvalue weighted by Crippen LogP contribution is -2.25. The molecule has 0 amide bonds. The molecule has 0 saturated carbocycles. The van der Waals surface area contributed by atoms with E-state index in [4.69, 9.17) is 11.7 Å². The van der Waals surface area contributed by atoms with Gasteiger partial charge >= 0.3 is 5.97 Å². The fraction of sp³-hybridized carbons (Fsp3) is 0.333. The minimum atomic E-state index is -1.20. The summed E-state index contributed by atoms with van der Waals surface area (Å²) in [4.78, 5) is 18.2. The van der Waals surface area contributed by atoms with Crippen molar-refractivity contribution in [2.24, 2.45) is 0 Å². The van der Waals surface area contributed by atoms with Crippen LogP contribution in [0.2, 0.25) is 0 Å². The van der Waals surface area contributed by atoms with Crippen molar-refractivity contribution in [2.45, 2.75) is 39.5 Å². The smallest absolute Gasteiger partial charge is 0.333 e. The Morgan fingerprint density at radius 2 is 1.66 bits per heavy atom. The number of benzene rings is 1. The Bertz CT molecular complexity index is 880. The predicted octanol–water partition coefficient (Wildman–Crippen LogP) is 6.67. The monoisotopic (exact) mass is 408 g/mol. The van der Waals surface area contributed by atoms with Gasteiger partial charge in [0.05, 0.1) is 6.57 Å². The maximum absolute atomic E-state index is 10.9. The summed E-state index contributed by atoms with van der Waals surface area (Å²) in [6.45, 7) is 13.6. The normalized spacial score (nSPS) is 11.6. The zero-order valence-corrected chi connectivity index (χ0v) is 17.9. The molecule has 29 heavy (non-hydrogen) atoms. The largest absolute Gasteiger partial charge is 0.486 e. The van der Waals surface area contributed by atoms with Crippen molar-refractivity contribution in [1.29, 1.82) is 0 Å². The zero-order valence-electron chi connectivity index (χ0n) is 17.1. The summed E-state index contributed by atoms with van der Waals surface area (Å²) in [5.74, 6) is -1.20. The van der Waals surface area contributed by atoms with Gasteiger partial charge in [0, 0.05) is 28.5 Å². The summed E-state index contributed by atoms with van der Waals surface area (Å²) in [6.07, 6.45) is 10.3. The second kappa shape index (κ2) is 11.9. The Morgan fingerprint density at radius 3 is 2.21 bits per heavy atom. The van der Waals surface area contributed by atoms with E-state index in [1.807, 2.05) is 18.2 Å². The van der Waals surface area contributed by atoms with Crippen molar-refractivity contribution >= 4 is 41.2 Å². The first kappa shape index (κ1) is 22.4. The van der Waals surface area contributed by atoms with E-state index in [1.165, 1.54) is 48.8 Å². The van der Waals surface area contributed by atoms with Crippen molar-refractivity contribution < 1.29 is 9.90 Å². The number of unbranched alkanes of at least 4 members (excludes halogenated alkanes) is 2. The van der Waals surface area contributed by atoms with Gasteiger partial charge in [-0.2, -0.15) is 0 Å². The van der Waals surface area contributed by atoms with Crippen LogP contribution < -0.4 is 4.90 Å². The molecule has 1 aromatic carbocycles. The van der Waals surface area contributed by atoms with Crippen molar-refractivity contribution in [2.75, 3.05) is 18.0 Å². The number of hydrogen-bond acceptors (Lipinski definition) is 3. The molecular formula is C24H28N2O2S. The first-order chi connectivity index (χ1) is 14.1. The van der Waals surface area contributed by atoms with Gasteiger partial charge in [-0.3, -0.25) is 4.79 Å². The van der Waals surface area contributed by atoms with E-state index in [0.717, 1.165) is 28.4 Å². The van der Waals surface area contributed by atoms with E-state index in [0.29, 0.717) is 0 Å². The molecule has 0 aliphatic heterocycles. The van der Waals surface area contributed by atoms with Crippen LogP contribution in [0.3, 0.4) is 0 Å². The Kier molecular flexibility index (Phi) is 9.20. The number of hydrogen-bond donors (Lipinski definition) is 1. The SMILES string of the molecule is [C-]#[N+]/C(=C\c1ccc(/C=C/c2ccc(N(CCCC)CCCC)cc2)s1)C(=O)O. The molecule has 1 N–H and O–H groups in total. The molecule has 0 unspecified atom stereocenters. The third kappa shape index (κ3) is 7.24. The van der Waals surface area contributed by atoms with Gasteiger partial charge in [0.15, 0.2) is 0 Å². The highest BCUT2D eigenvalue weighted by atomic mass is 32.1. The van der Waals surface area contributed by atoms with E-state index in [1.54, 1.807) is 0 Å². The summed E-state index contributed by atoms with van der Waals surface area (Å²) in [5, 5.41) is 8.96. The molecular weight excluding hydrogens is 380 g/mol. The van der Waals surface area contributed by atoms with Crippen molar-refractivity contribution in [3.05, 3.63) is 68.8 Å². The first-order valence-corrected chi connectivity index (χ1v) is 10.8. The number of thiophene rings is 1. The molecule has 5 heteroatoms. The third-order valence-corrected chi connectivity index (χ3v) is 5.53. The molecule has 0 fully saturated rings. The van der Waals surface area contributed by atoms with Gasteiger partial charge in [0.1, 0.15) is 0 Å². The molecule has 1 heterocycles. The molecule has 0 spiro atoms. The maximum Gasteiger partial charge on any atom is 0.333 e. The zero-order chi connectivity index (χ0) is 21.1. The summed E-state index contributed by atoms with van der Waals surface area (Å²) in [6, 6.07) is 12.4. The van der Waals surface area contributed by atoms with Crippen LogP contribution in [-0.2, 0) is 4.79 Å². The minimum absolute atomic E-state index is 0.270. The molecule has 4 nitrogen and oxygen atoms in total. The van der Waals surface area contributed by atoms with Crippen molar-refractivity contribution in [3.63, 3.8) is 0 Å². The number of aliphatic carboxylic acids is 1. The molecule has 0 atom stereocenters. The van der Waals surface area contributed by atoms with Crippen LogP contribution in [0.25, 0.3) is 23.1 Å². The Morgan fingerprint density at radius 1 is 1.03 bits per heavy atom. The Hall–Kier alpha value is -2.84. The Labute approximate surface area is 177 Å². The second-order valence-electron chi connectivity index (χ2n) is 6.81. The lowest BCUT2D eigenvalue weighted by molar-refractivity contribution is -0.132. The standard InChI is InChI=1S/C24H28N2O2S/c1-4-6-16-26(17-7-5-2)20-11-8-19(9-12-20)10-13-21-14-15-22(29-21)18-23(25-3)24(27)28/h8-15,18H,4-7,16-17H2,1-2H3,(H,27,28)/b13-10+,23-18-. The van der Waals surface area contributed by atoms with E-state index < -0.39 is 5.97 Å². The summed E-state index contributed by atoms with van der Waals surface area (Å²) >= 11 is 1.46. The molecule has 2 rings (SSSR count). The average molecular weight is 409 g/mol. The molecule has 1 aromatic heterocycles. The fourth-order valence-electron chi connectivity index (χ4n) is 2.85. The van der Waals surface area contributed by atoms with E-state index in [-0.39, 0.29) is 5.70 Å². The quantitative estimate of drug-likeness (QED) is 0.333. The van der Waals surface area contributed by atoms with Gasteiger partial charge in [-0.15, -0.1) is 11.3 Å². The van der Waals surface area contributed by atoms with E-state index in [9.17, 15) is 4.79 Å². The first-order valence-electron chi connectivity index (χ1n) is 10.0. The molecule has 2 aromatic rings. The van der Waals surface area contributed by atoms with Crippen LogP contribution in [0.4, 0.5) is 5.69 Å². The van der Waals surface area contributed by atoms with Gasteiger partial charge in [0.2, 0.25) is 0 Å². The van der Waals surface area contributed by atoms with Gasteiger partial charge in [-0.05, 0) is 54.8 Å². The van der Waals surface area contributed by atoms with Gasteiger partial charge in [-0.1, -0.05) is 44.9 Å². The second-order valence-corrected chi connectivity index (χ2v) is 7.95. The lowest BCUT2D eigenvalue weighted by atomic mass is 10.1. The van der Waals surface area contributed by atoms with Crippen molar-refractivity contribution in [3.8, 4) is 0 Å². The lowest BCUT2D eigenvalue weighted by Gasteiger charge is -2.24. The molecule has 0 bridgehead atoms. The summed E-state index contributed by atoms with van der Waals surface area (Å²) in [7, 11) is 0. The number of rotatable bonds is 11. The predicted molar refractivity (Wildman–Crippen MR) is 124 cm³/mol. The molecule has 0 aliphatic rings. The highest BCUT2D eigenvalue weighted by molar-refractivity contribution is 7.13. The maximum atomic E-state index is 10.9. The summed E-state index contributed by atoms with van der Waals surface area (Å²) < 4.78 is 0. The van der Waals surface area contributed by atoms with Gasteiger partial charge in [-0.25, -0.2) is 4.85 Å². The number of anilines is 1. The fourth-order valence-corrected chi connectivity index (χ4v) is 3.71. The number of carboxylic acid groups (broad SMARTS) is 1. The third-order valence-electron chi connectivity index (χ3n) is 4.53. The van der Waals surface area contributed by atoms with Crippen molar-refractivity contribution in [1.82, 2.24) is 0 Å². The number of nitrogens with zero attached hydrogens (tertiary/aromatic N) is 2. The highest BCUT2D eigenvalue weighted by Crippen LogP contribution is 2.23. The molecule has 152 valence electrons. The van der Waals surface area contributed by atoms with Crippen LogP contribution in [0.15, 0.2) is 42.1 Å². The van der Waals surface area contributed by atoms with Crippen LogP contribution in [0.5, 0.6) is 0 Å². The Balaban J connectivity index is 2.06. The van der Waals surface area contributed by atoms with E-state index in [2.05, 4.69) is 53.9 Å². The number of carboxylic acids is 1.